The van der Waals surface area contributed by atoms with Crippen molar-refractivity contribution in [3.63, 3.8) is 0 Å². The molecule has 0 saturated heterocycles. The van der Waals surface area contributed by atoms with Crippen LogP contribution in [-0.2, 0) is 0 Å². The highest BCUT2D eigenvalue weighted by Crippen LogP contribution is 2.40. The summed E-state index contributed by atoms with van der Waals surface area (Å²) in [4.78, 5) is 0.225. The van der Waals surface area contributed by atoms with Gasteiger partial charge in [0.25, 0.3) is 0 Å². The van der Waals surface area contributed by atoms with E-state index in [4.69, 9.17) is 33.2 Å². The molecule has 9 aromatic carbocycles. The van der Waals surface area contributed by atoms with E-state index in [1.165, 1.54) is 0 Å². The van der Waals surface area contributed by atoms with Gasteiger partial charge in [0, 0.05) is 49.9 Å². The van der Waals surface area contributed by atoms with Crippen LogP contribution in [0, 0.1) is 0 Å². The van der Waals surface area contributed by atoms with E-state index in [0.717, 1.165) is 0 Å². The van der Waals surface area contributed by atoms with Crippen molar-refractivity contribution in [3.8, 4) is 39.1 Å². The number of furan rings is 1. The topological polar surface area (TPSA) is 21.3 Å². The number of hydrogen-bond acceptors (Lipinski definition) is 2. The number of anilines is 3. The molecule has 11 aromatic rings. The minimum Gasteiger partial charge on any atom is -0.455 e. The van der Waals surface area contributed by atoms with Gasteiger partial charge in [-0.3, -0.25) is 0 Å². The molecule has 0 amide bonds. The zero-order valence-corrected chi connectivity index (χ0v) is 28.3. The maximum absolute atomic E-state index is 9.75. The Labute approximate surface area is 381 Å². The van der Waals surface area contributed by atoms with Crippen LogP contribution in [0.15, 0.2) is 222 Å². The van der Waals surface area contributed by atoms with Crippen molar-refractivity contribution in [1.29, 1.82) is 0 Å². The number of benzene rings is 9. The SMILES string of the molecule is [2H]c1c([2H])c([2H])c(-c2c([2H])c([2H])c(N(c3c([2H])c([2H])c(-c4c([2H])c([2H])c([2H])c(-n5c6c([2H])c([2H])c([2H])c([2H])c6c6c([2H])c([2H])c([2H])c([2H])c65)c4[2H])c([2H])c3[2H])c3c([2H])c([2H])c(-c4c([2H])c([2H])c([2H])c5c4oc4c([2H])c([2H])c([2H])c([2H])c45)c([2H])c3[2H])c([2H])c2[2H])c([2H])c1[2H]. The van der Waals surface area contributed by atoms with E-state index >= 15 is 0 Å². The minimum absolute atomic E-state index is 0.225. The van der Waals surface area contributed by atoms with E-state index in [1.54, 1.807) is 0 Å². The molecule has 11 rings (SSSR count). The summed E-state index contributed by atoms with van der Waals surface area (Å²) < 4.78 is 331. The van der Waals surface area contributed by atoms with Gasteiger partial charge in [-0.2, -0.15) is 0 Å². The first-order valence-electron chi connectivity index (χ1n) is 34.5. The zero-order valence-electron chi connectivity index (χ0n) is 64.3. The van der Waals surface area contributed by atoms with E-state index in [0.29, 0.717) is 4.57 Å². The second kappa shape index (κ2) is 13.6. The molecular formula is C54H36N2O. The monoisotopic (exact) mass is 765 g/mol. The molecule has 3 nitrogen and oxygen atoms in total. The Morgan fingerprint density at radius 3 is 1.49 bits per heavy atom. The van der Waals surface area contributed by atoms with Crippen molar-refractivity contribution < 1.29 is 53.8 Å². The standard InChI is InChI=1S/C54H36N2O/c1-2-12-37(13-3-1)38-24-30-42(31-25-38)55(44-34-28-40(29-35-44)46-19-11-20-50-49-18-6-9-23-53(49)57-54(46)50)43-32-26-39(27-33-43)41-14-10-15-45(36-41)56-51-21-7-4-16-47(51)48-17-5-8-22-52(48)56/h1-36H/i1D,2D,3D,4D,5D,6D,7D,8D,9D,10D,11D,12D,13D,14D,15D,16D,17D,18D,19D,20D,21D,22D,23D,24D,25D,26D,27D,28D,29D,30D,31D,32D,33D,34D,35D,36D. The summed E-state index contributed by atoms with van der Waals surface area (Å²) in [5, 5.41) is -2.12. The number of para-hydroxylation sites is 4. The third-order valence-electron chi connectivity index (χ3n) is 8.56. The quantitative estimate of drug-likeness (QED) is 0.161. The molecule has 0 radical (unpaired) electrons. The first-order valence-corrected chi connectivity index (χ1v) is 16.5. The molecular weight excluding hydrogens is 693 g/mol. The third kappa shape index (κ3) is 5.68. The molecule has 0 N–H and O–H groups in total. The number of rotatable bonds is 7. The van der Waals surface area contributed by atoms with Crippen molar-refractivity contribution in [2.24, 2.45) is 0 Å². The number of hydrogen-bond donors (Lipinski definition) is 0. The fourth-order valence-electron chi connectivity index (χ4n) is 6.06. The Hall–Kier alpha value is -7.62. The van der Waals surface area contributed by atoms with Crippen LogP contribution < -0.4 is 4.90 Å². The molecule has 0 fully saturated rings. The highest BCUT2D eigenvalue weighted by atomic mass is 16.3. The van der Waals surface area contributed by atoms with E-state index in [-0.39, 0.29) is 4.90 Å². The zero-order chi connectivity index (χ0) is 69.0. The third-order valence-corrected chi connectivity index (χ3v) is 8.56. The second-order valence-electron chi connectivity index (χ2n) is 11.8. The molecule has 0 saturated carbocycles. The van der Waals surface area contributed by atoms with Gasteiger partial charge in [0.2, 0.25) is 0 Å². The molecule has 2 heterocycles. The van der Waals surface area contributed by atoms with Crippen molar-refractivity contribution in [2.75, 3.05) is 4.90 Å². The van der Waals surface area contributed by atoms with Gasteiger partial charge in [0.15, 0.2) is 0 Å². The molecule has 0 atom stereocenters. The Balaban J connectivity index is 1.27. The van der Waals surface area contributed by atoms with E-state index < -0.39 is 317 Å². The minimum atomic E-state index is -1.41. The van der Waals surface area contributed by atoms with Crippen molar-refractivity contribution >= 4 is 60.8 Å². The maximum atomic E-state index is 9.75. The highest BCUT2D eigenvalue weighted by molar-refractivity contribution is 6.10. The Bertz CT molecular complexity index is 5170. The fourth-order valence-corrected chi connectivity index (χ4v) is 6.06. The Morgan fingerprint density at radius 2 is 0.842 bits per heavy atom. The summed E-state index contributed by atoms with van der Waals surface area (Å²) in [5.74, 6) is 0. The molecule has 0 aliphatic heterocycles. The van der Waals surface area contributed by atoms with E-state index in [2.05, 4.69) is 0 Å². The van der Waals surface area contributed by atoms with Crippen molar-refractivity contribution in [1.82, 2.24) is 4.57 Å². The predicted octanol–water partition coefficient (Wildman–Crippen LogP) is 15.2. The van der Waals surface area contributed by atoms with Crippen LogP contribution in [0.1, 0.15) is 49.3 Å². The molecule has 0 unspecified atom stereocenters. The van der Waals surface area contributed by atoms with E-state index in [9.17, 15) is 20.6 Å². The Morgan fingerprint density at radius 1 is 0.368 bits per heavy atom. The summed E-state index contributed by atoms with van der Waals surface area (Å²) in [7, 11) is 0. The molecule has 0 spiro atoms. The van der Waals surface area contributed by atoms with Gasteiger partial charge in [-0.25, -0.2) is 0 Å². The lowest BCUT2D eigenvalue weighted by molar-refractivity contribution is 0.670. The Kier molecular flexibility index (Phi) is 3.03. The summed E-state index contributed by atoms with van der Waals surface area (Å²) in [6, 6.07) is -38.8. The average Bonchev–Trinajstić information content (AvgIpc) is 1.64. The van der Waals surface area contributed by atoms with Crippen LogP contribution in [0.3, 0.4) is 0 Å². The summed E-state index contributed by atoms with van der Waals surface area (Å²) in [6.45, 7) is 0. The lowest BCUT2D eigenvalue weighted by Gasteiger charge is -2.26. The molecule has 0 aliphatic carbocycles. The fraction of sp³-hybridized carbons (Fsp3) is 0. The molecule has 2 aromatic heterocycles. The largest absolute Gasteiger partial charge is 0.455 e. The number of nitrogens with zero attached hydrogens (tertiary/aromatic N) is 2. The van der Waals surface area contributed by atoms with Gasteiger partial charge in [-0.1, -0.05) is 151 Å². The molecule has 0 bridgehead atoms. The first-order chi connectivity index (χ1) is 43.3. The van der Waals surface area contributed by atoms with Crippen LogP contribution in [0.2, 0.25) is 0 Å². The van der Waals surface area contributed by atoms with Gasteiger partial charge < -0.3 is 13.9 Å². The normalized spacial score (nSPS) is 20.4. The maximum Gasteiger partial charge on any atom is 0.143 e. The van der Waals surface area contributed by atoms with Crippen LogP contribution in [-0.4, -0.2) is 4.57 Å². The summed E-state index contributed by atoms with van der Waals surface area (Å²) in [6.07, 6.45) is 0. The predicted molar refractivity (Wildman–Crippen MR) is 239 cm³/mol. The van der Waals surface area contributed by atoms with Gasteiger partial charge in [0.1, 0.15) is 11.2 Å². The number of aromatic nitrogens is 1. The van der Waals surface area contributed by atoms with Crippen molar-refractivity contribution in [3.05, 3.63) is 218 Å². The summed E-state index contributed by atoms with van der Waals surface area (Å²) >= 11 is 0. The molecule has 0 aliphatic rings. The second-order valence-corrected chi connectivity index (χ2v) is 11.8. The van der Waals surface area contributed by atoms with Crippen LogP contribution in [0.25, 0.3) is 82.8 Å². The smallest absolute Gasteiger partial charge is 0.143 e. The molecule has 3 heteroatoms. The number of fused-ring (bicyclic) bond motifs is 6. The van der Waals surface area contributed by atoms with Crippen LogP contribution in [0.4, 0.5) is 17.1 Å². The lowest BCUT2D eigenvalue weighted by Crippen LogP contribution is -2.09. The average molecular weight is 765 g/mol. The van der Waals surface area contributed by atoms with E-state index in [1.807, 2.05) is 0 Å². The molecule has 268 valence electrons. The van der Waals surface area contributed by atoms with Gasteiger partial charge in [-0.05, 0) is 94.3 Å². The van der Waals surface area contributed by atoms with Crippen molar-refractivity contribution in [2.45, 2.75) is 0 Å². The summed E-state index contributed by atoms with van der Waals surface area (Å²) in [5.41, 5.74) is -13.2. The first kappa shape index (κ1) is 12.7. The van der Waals surface area contributed by atoms with Crippen LogP contribution >= 0.6 is 0 Å². The van der Waals surface area contributed by atoms with Gasteiger partial charge in [-0.15, -0.1) is 0 Å². The van der Waals surface area contributed by atoms with Gasteiger partial charge in [0.05, 0.1) is 60.4 Å². The highest BCUT2D eigenvalue weighted by Gasteiger charge is 2.17. The van der Waals surface area contributed by atoms with Gasteiger partial charge >= 0.3 is 0 Å². The molecule has 57 heavy (non-hydrogen) atoms. The lowest BCUT2D eigenvalue weighted by atomic mass is 10.0. The van der Waals surface area contributed by atoms with Crippen LogP contribution in [0.5, 0.6) is 0 Å².